The fourth-order valence-electron chi connectivity index (χ4n) is 1.76. The van der Waals surface area contributed by atoms with E-state index in [2.05, 4.69) is 17.2 Å². The highest BCUT2D eigenvalue weighted by molar-refractivity contribution is 6.30. The average Bonchev–Trinajstić information content (AvgIpc) is 2.51. The van der Waals surface area contributed by atoms with Gasteiger partial charge in [-0.3, -0.25) is 14.9 Å². The first kappa shape index (κ1) is 15.5. The molecule has 0 aliphatic heterocycles. The number of nitrogens with one attached hydrogen (secondary N) is 1. The lowest BCUT2D eigenvalue weighted by Crippen LogP contribution is -2.24. The van der Waals surface area contributed by atoms with Crippen molar-refractivity contribution in [3.63, 3.8) is 0 Å². The van der Waals surface area contributed by atoms with Gasteiger partial charge < -0.3 is 5.32 Å². The molecule has 0 fully saturated rings. The maximum absolute atomic E-state index is 11.9. The van der Waals surface area contributed by atoms with Crippen LogP contribution in [0.5, 0.6) is 0 Å². The van der Waals surface area contributed by atoms with E-state index in [-0.39, 0.29) is 17.8 Å². The molecule has 2 aromatic rings. The monoisotopic (exact) mass is 314 g/mol. The van der Waals surface area contributed by atoms with Crippen LogP contribution in [0.4, 0.5) is 5.69 Å². The van der Waals surface area contributed by atoms with Crippen LogP contribution >= 0.6 is 11.6 Å². The number of nitro benzene ring substituents is 1. The lowest BCUT2D eigenvalue weighted by Gasteiger charge is -2.02. The van der Waals surface area contributed by atoms with E-state index in [9.17, 15) is 14.9 Å². The summed E-state index contributed by atoms with van der Waals surface area (Å²) in [6.45, 7) is 0.0807. The van der Waals surface area contributed by atoms with E-state index in [0.717, 1.165) is 5.56 Å². The average molecular weight is 315 g/mol. The van der Waals surface area contributed by atoms with Crippen LogP contribution < -0.4 is 5.32 Å². The zero-order valence-electron chi connectivity index (χ0n) is 11.4. The summed E-state index contributed by atoms with van der Waals surface area (Å²) in [5.74, 6) is 5.08. The quantitative estimate of drug-likeness (QED) is 0.537. The number of hydrogen-bond acceptors (Lipinski definition) is 3. The largest absolute Gasteiger partial charge is 0.341 e. The van der Waals surface area contributed by atoms with Crippen molar-refractivity contribution < 1.29 is 9.72 Å². The Morgan fingerprint density at radius 2 is 2.00 bits per heavy atom. The summed E-state index contributed by atoms with van der Waals surface area (Å²) in [4.78, 5) is 22.2. The van der Waals surface area contributed by atoms with Gasteiger partial charge in [0.25, 0.3) is 11.6 Å². The Morgan fingerprint density at radius 1 is 1.23 bits per heavy atom. The lowest BCUT2D eigenvalue weighted by molar-refractivity contribution is -0.385. The molecule has 2 rings (SSSR count). The number of carbonyl (C=O) groups excluding carboxylic acids is 1. The van der Waals surface area contributed by atoms with Gasteiger partial charge in [-0.1, -0.05) is 41.6 Å². The van der Waals surface area contributed by atoms with Crippen LogP contribution in [0.15, 0.2) is 48.5 Å². The molecule has 22 heavy (non-hydrogen) atoms. The molecule has 0 heterocycles. The van der Waals surface area contributed by atoms with Crippen molar-refractivity contribution in [3.05, 3.63) is 74.8 Å². The van der Waals surface area contributed by atoms with Gasteiger partial charge in [0.05, 0.1) is 11.5 Å². The van der Waals surface area contributed by atoms with E-state index in [4.69, 9.17) is 11.6 Å². The summed E-state index contributed by atoms with van der Waals surface area (Å²) < 4.78 is 0. The fraction of sp³-hybridized carbons (Fsp3) is 0.0625. The minimum Gasteiger partial charge on any atom is -0.341 e. The third-order valence-corrected chi connectivity index (χ3v) is 2.98. The number of carbonyl (C=O) groups is 1. The minimum absolute atomic E-state index is 0.0112. The molecule has 0 aliphatic rings. The molecule has 0 saturated carbocycles. The van der Waals surface area contributed by atoms with Crippen molar-refractivity contribution in [3.8, 4) is 11.8 Å². The molecule has 0 bridgehead atoms. The first-order chi connectivity index (χ1) is 10.6. The minimum atomic E-state index is -0.591. The molecule has 0 aliphatic carbocycles. The second-order valence-electron chi connectivity index (χ2n) is 4.27. The number of nitrogens with zero attached hydrogens (tertiary/aromatic N) is 1. The topological polar surface area (TPSA) is 72.2 Å². The number of amides is 1. The summed E-state index contributed by atoms with van der Waals surface area (Å²) >= 11 is 5.83. The molecule has 1 amide bonds. The highest BCUT2D eigenvalue weighted by Gasteiger charge is 2.18. The Labute approximate surface area is 132 Å². The Bertz CT molecular complexity index is 778. The second-order valence-corrected chi connectivity index (χ2v) is 4.71. The van der Waals surface area contributed by atoms with Crippen LogP contribution in [0, 0.1) is 22.0 Å². The highest BCUT2D eigenvalue weighted by atomic mass is 35.5. The van der Waals surface area contributed by atoms with Gasteiger partial charge >= 0.3 is 0 Å². The molecule has 6 heteroatoms. The molecule has 0 radical (unpaired) electrons. The van der Waals surface area contributed by atoms with Crippen molar-refractivity contribution in [2.75, 3.05) is 6.54 Å². The van der Waals surface area contributed by atoms with E-state index in [0.29, 0.717) is 5.02 Å². The van der Waals surface area contributed by atoms with Crippen molar-refractivity contribution in [2.45, 2.75) is 0 Å². The summed E-state index contributed by atoms with van der Waals surface area (Å²) in [6.07, 6.45) is 0. The van der Waals surface area contributed by atoms with Gasteiger partial charge in [-0.2, -0.15) is 0 Å². The Balaban J connectivity index is 2.01. The van der Waals surface area contributed by atoms with Crippen molar-refractivity contribution in [1.29, 1.82) is 0 Å². The molecule has 5 nitrogen and oxygen atoms in total. The van der Waals surface area contributed by atoms with E-state index in [1.807, 2.05) is 0 Å². The first-order valence-electron chi connectivity index (χ1n) is 6.34. The number of para-hydroxylation sites is 1. The fourth-order valence-corrected chi connectivity index (χ4v) is 1.95. The molecule has 0 spiro atoms. The molecule has 110 valence electrons. The smallest absolute Gasteiger partial charge is 0.282 e. The number of nitro groups is 1. The highest BCUT2D eigenvalue weighted by Crippen LogP contribution is 2.17. The van der Waals surface area contributed by atoms with Crippen LogP contribution in [0.2, 0.25) is 5.02 Å². The van der Waals surface area contributed by atoms with E-state index >= 15 is 0 Å². The summed E-state index contributed by atoms with van der Waals surface area (Å²) in [6, 6.07) is 12.8. The maximum atomic E-state index is 11.9. The van der Waals surface area contributed by atoms with Crippen LogP contribution in [0.3, 0.4) is 0 Å². The standard InChI is InChI=1S/C16H11ClN2O3/c17-13-7-3-5-12(11-13)6-4-10-18-16(20)14-8-1-2-9-15(14)19(21)22/h1-3,5,7-9,11H,10H2,(H,18,20). The Kier molecular flexibility index (Phi) is 5.12. The maximum Gasteiger partial charge on any atom is 0.282 e. The second kappa shape index (κ2) is 7.25. The summed E-state index contributed by atoms with van der Waals surface area (Å²) in [5, 5.41) is 14.0. The van der Waals surface area contributed by atoms with Crippen LogP contribution in [0.1, 0.15) is 15.9 Å². The molecular weight excluding hydrogens is 304 g/mol. The van der Waals surface area contributed by atoms with E-state index in [1.165, 1.54) is 18.2 Å². The number of halogens is 1. The van der Waals surface area contributed by atoms with Gasteiger partial charge in [0.2, 0.25) is 0 Å². The van der Waals surface area contributed by atoms with Gasteiger partial charge in [-0.05, 0) is 24.3 Å². The lowest BCUT2D eigenvalue weighted by atomic mass is 10.1. The third-order valence-electron chi connectivity index (χ3n) is 2.74. The predicted octanol–water partition coefficient (Wildman–Crippen LogP) is 3.03. The SMILES string of the molecule is O=C(NCC#Cc1cccc(Cl)c1)c1ccccc1[N+](=O)[O-]. The third kappa shape index (κ3) is 4.08. The normalized spacial score (nSPS) is 9.50. The van der Waals surface area contributed by atoms with Crippen LogP contribution in [-0.2, 0) is 0 Å². The van der Waals surface area contributed by atoms with Gasteiger partial charge in [0, 0.05) is 16.7 Å². The predicted molar refractivity (Wildman–Crippen MR) is 83.8 cm³/mol. The molecule has 0 saturated heterocycles. The molecular formula is C16H11ClN2O3. The van der Waals surface area contributed by atoms with Crippen LogP contribution in [0.25, 0.3) is 0 Å². The summed E-state index contributed by atoms with van der Waals surface area (Å²) in [5.41, 5.74) is 0.507. The zero-order chi connectivity index (χ0) is 15.9. The summed E-state index contributed by atoms with van der Waals surface area (Å²) in [7, 11) is 0. The Morgan fingerprint density at radius 3 is 2.73 bits per heavy atom. The van der Waals surface area contributed by atoms with Gasteiger partial charge in [0.1, 0.15) is 5.56 Å². The van der Waals surface area contributed by atoms with Gasteiger partial charge in [-0.15, -0.1) is 0 Å². The first-order valence-corrected chi connectivity index (χ1v) is 6.72. The van der Waals surface area contributed by atoms with E-state index in [1.54, 1.807) is 30.3 Å². The van der Waals surface area contributed by atoms with Gasteiger partial charge in [0.15, 0.2) is 0 Å². The number of hydrogen-bond donors (Lipinski definition) is 1. The Hall–Kier alpha value is -2.84. The number of rotatable bonds is 3. The van der Waals surface area contributed by atoms with E-state index < -0.39 is 10.8 Å². The van der Waals surface area contributed by atoms with Crippen LogP contribution in [-0.4, -0.2) is 17.4 Å². The molecule has 0 atom stereocenters. The molecule has 0 unspecified atom stereocenters. The van der Waals surface area contributed by atoms with Gasteiger partial charge in [-0.25, -0.2) is 0 Å². The van der Waals surface area contributed by atoms with Crippen molar-refractivity contribution >= 4 is 23.2 Å². The number of benzene rings is 2. The molecule has 0 aromatic heterocycles. The molecule has 1 N–H and O–H groups in total. The van der Waals surface area contributed by atoms with Crippen molar-refractivity contribution in [1.82, 2.24) is 5.32 Å². The van der Waals surface area contributed by atoms with Crippen molar-refractivity contribution in [2.24, 2.45) is 0 Å². The zero-order valence-corrected chi connectivity index (χ0v) is 12.1. The molecule has 2 aromatic carbocycles.